The summed E-state index contributed by atoms with van der Waals surface area (Å²) in [5.41, 5.74) is 11.8. The fourth-order valence-electron chi connectivity index (χ4n) is 4.91. The molecule has 8 heteroatoms. The van der Waals surface area contributed by atoms with Crippen molar-refractivity contribution in [2.45, 2.75) is 31.2 Å². The van der Waals surface area contributed by atoms with Crippen molar-refractivity contribution < 1.29 is 4.39 Å². The zero-order chi connectivity index (χ0) is 23.4. The minimum absolute atomic E-state index is 0.0834. The number of nitrogens with zero attached hydrogens (tertiary/aromatic N) is 4. The number of likely N-dealkylation sites (N-methyl/N-ethyl adjacent to an activating group) is 1. The van der Waals surface area contributed by atoms with E-state index in [0.717, 1.165) is 56.7 Å². The summed E-state index contributed by atoms with van der Waals surface area (Å²) >= 11 is 4.83. The molecular formula is C25H33FN6S. The van der Waals surface area contributed by atoms with Crippen molar-refractivity contribution in [2.75, 3.05) is 50.1 Å². The molecule has 2 aromatic carbocycles. The quantitative estimate of drug-likeness (QED) is 0.384. The molecule has 0 saturated carbocycles. The van der Waals surface area contributed by atoms with E-state index in [1.54, 1.807) is 12.3 Å². The number of hydrazone groups is 1. The highest BCUT2D eigenvalue weighted by Crippen LogP contribution is 2.35. The predicted molar refractivity (Wildman–Crippen MR) is 139 cm³/mol. The third-order valence-corrected chi connectivity index (χ3v) is 6.91. The third kappa shape index (κ3) is 5.62. The first kappa shape index (κ1) is 23.4. The van der Waals surface area contributed by atoms with E-state index in [4.69, 9.17) is 18.0 Å². The Bertz CT molecular complexity index is 988. The van der Waals surface area contributed by atoms with E-state index in [2.05, 4.69) is 69.7 Å². The number of piperidine rings is 1. The number of thiocarbonyl (C=S) groups is 1. The van der Waals surface area contributed by atoms with Gasteiger partial charge in [-0.15, -0.1) is 0 Å². The molecule has 2 saturated heterocycles. The van der Waals surface area contributed by atoms with Crippen molar-refractivity contribution in [3.8, 4) is 0 Å². The number of rotatable bonds is 6. The Morgan fingerprint density at radius 3 is 2.42 bits per heavy atom. The predicted octanol–water partition coefficient (Wildman–Crippen LogP) is 3.52. The van der Waals surface area contributed by atoms with Gasteiger partial charge in [0, 0.05) is 43.5 Å². The van der Waals surface area contributed by atoms with Crippen LogP contribution in [0.5, 0.6) is 0 Å². The minimum Gasteiger partial charge on any atom is -0.375 e. The Morgan fingerprint density at radius 2 is 1.79 bits per heavy atom. The van der Waals surface area contributed by atoms with Crippen LogP contribution in [0.3, 0.4) is 0 Å². The topological polar surface area (TPSA) is 60.1 Å². The van der Waals surface area contributed by atoms with Gasteiger partial charge in [0.2, 0.25) is 0 Å². The molecule has 2 aliphatic rings. The molecule has 0 aromatic heterocycles. The van der Waals surface area contributed by atoms with E-state index < -0.39 is 0 Å². The molecule has 176 valence electrons. The molecule has 0 aliphatic carbocycles. The van der Waals surface area contributed by atoms with Crippen molar-refractivity contribution in [2.24, 2.45) is 10.8 Å². The van der Waals surface area contributed by atoms with Gasteiger partial charge < -0.3 is 20.4 Å². The highest BCUT2D eigenvalue weighted by Gasteiger charge is 2.28. The first-order valence-corrected chi connectivity index (χ1v) is 12.0. The van der Waals surface area contributed by atoms with Gasteiger partial charge in [-0.2, -0.15) is 5.10 Å². The SMILES string of the molecule is CN(C)C1CCN(c2cc(N3CCC(c4ccccc4)CC3)c(F)cc2C=NNC(N)=S)C1. The average Bonchev–Trinajstić information content (AvgIpc) is 3.30. The first-order chi connectivity index (χ1) is 15.9. The molecule has 2 heterocycles. The van der Waals surface area contributed by atoms with Crippen molar-refractivity contribution in [1.82, 2.24) is 10.3 Å². The molecule has 2 fully saturated rings. The molecule has 0 spiro atoms. The van der Waals surface area contributed by atoms with Gasteiger partial charge in [-0.05, 0) is 69.2 Å². The van der Waals surface area contributed by atoms with Crippen LogP contribution in [0, 0.1) is 5.82 Å². The van der Waals surface area contributed by atoms with E-state index >= 15 is 4.39 Å². The molecular weight excluding hydrogens is 435 g/mol. The summed E-state index contributed by atoms with van der Waals surface area (Å²) in [6.45, 7) is 3.50. The lowest BCUT2D eigenvalue weighted by atomic mass is 9.89. The van der Waals surface area contributed by atoms with Crippen LogP contribution in [0.4, 0.5) is 15.8 Å². The van der Waals surface area contributed by atoms with Crippen LogP contribution in [0.1, 0.15) is 36.3 Å². The summed E-state index contributed by atoms with van der Waals surface area (Å²) in [4.78, 5) is 6.76. The highest BCUT2D eigenvalue weighted by molar-refractivity contribution is 7.80. The first-order valence-electron chi connectivity index (χ1n) is 11.6. The van der Waals surface area contributed by atoms with Crippen LogP contribution in [-0.4, -0.2) is 62.5 Å². The Morgan fingerprint density at radius 1 is 1.09 bits per heavy atom. The summed E-state index contributed by atoms with van der Waals surface area (Å²) in [6.07, 6.45) is 4.72. The fourth-order valence-corrected chi connectivity index (χ4v) is 4.96. The maximum atomic E-state index is 15.3. The maximum Gasteiger partial charge on any atom is 0.184 e. The van der Waals surface area contributed by atoms with Crippen molar-refractivity contribution >= 4 is 34.9 Å². The van der Waals surface area contributed by atoms with Crippen molar-refractivity contribution in [3.63, 3.8) is 0 Å². The van der Waals surface area contributed by atoms with Crippen LogP contribution in [0.15, 0.2) is 47.6 Å². The Kier molecular flexibility index (Phi) is 7.45. The molecule has 0 radical (unpaired) electrons. The lowest BCUT2D eigenvalue weighted by Gasteiger charge is -2.35. The summed E-state index contributed by atoms with van der Waals surface area (Å²) < 4.78 is 15.3. The fraction of sp³-hybridized carbons (Fsp3) is 0.440. The number of nitrogens with two attached hydrogens (primary N) is 1. The number of nitrogens with one attached hydrogen (secondary N) is 1. The summed E-state index contributed by atoms with van der Waals surface area (Å²) in [5.74, 6) is 0.305. The van der Waals surface area contributed by atoms with E-state index in [-0.39, 0.29) is 10.9 Å². The number of hydrogen-bond acceptors (Lipinski definition) is 5. The molecule has 1 unspecified atom stereocenters. The molecule has 33 heavy (non-hydrogen) atoms. The van der Waals surface area contributed by atoms with Gasteiger partial charge in [0.05, 0.1) is 11.9 Å². The Hall–Kier alpha value is -2.71. The molecule has 2 aliphatic heterocycles. The Labute approximate surface area is 201 Å². The molecule has 6 nitrogen and oxygen atoms in total. The average molecular weight is 469 g/mol. The third-order valence-electron chi connectivity index (χ3n) is 6.82. The van der Waals surface area contributed by atoms with Gasteiger partial charge in [-0.3, -0.25) is 5.43 Å². The standard InChI is InChI=1S/C25H33FN6S/c1-30(2)21-10-13-32(17-21)23-15-24(22(26)14-20(23)16-28-29-25(27)33)31-11-8-19(9-12-31)18-6-4-3-5-7-18/h3-7,14-16,19,21H,8-13,17H2,1-2H3,(H3,27,29,33). The van der Waals surface area contributed by atoms with E-state index in [1.807, 2.05) is 6.07 Å². The molecule has 3 N–H and O–H groups in total. The van der Waals surface area contributed by atoms with Gasteiger partial charge in [0.1, 0.15) is 5.82 Å². The van der Waals surface area contributed by atoms with Crippen LogP contribution in [0.2, 0.25) is 0 Å². The number of anilines is 2. The summed E-state index contributed by atoms with van der Waals surface area (Å²) in [6, 6.07) is 14.7. The molecule has 0 bridgehead atoms. The second-order valence-electron chi connectivity index (χ2n) is 9.12. The van der Waals surface area contributed by atoms with Crippen LogP contribution >= 0.6 is 12.2 Å². The lowest BCUT2D eigenvalue weighted by molar-refractivity contribution is 0.315. The largest absolute Gasteiger partial charge is 0.375 e. The smallest absolute Gasteiger partial charge is 0.184 e. The monoisotopic (exact) mass is 468 g/mol. The van der Waals surface area contributed by atoms with Crippen LogP contribution in [-0.2, 0) is 0 Å². The molecule has 4 rings (SSSR count). The van der Waals surface area contributed by atoms with E-state index in [1.165, 1.54) is 5.56 Å². The second kappa shape index (κ2) is 10.5. The van der Waals surface area contributed by atoms with Crippen molar-refractivity contribution in [1.29, 1.82) is 0 Å². The van der Waals surface area contributed by atoms with E-state index in [9.17, 15) is 0 Å². The van der Waals surface area contributed by atoms with Crippen molar-refractivity contribution in [3.05, 3.63) is 59.4 Å². The van der Waals surface area contributed by atoms with E-state index in [0.29, 0.717) is 17.6 Å². The molecule has 1 atom stereocenters. The van der Waals surface area contributed by atoms with Gasteiger partial charge in [-0.1, -0.05) is 30.3 Å². The van der Waals surface area contributed by atoms with Gasteiger partial charge in [-0.25, -0.2) is 4.39 Å². The zero-order valence-electron chi connectivity index (χ0n) is 19.4. The minimum atomic E-state index is -0.225. The normalized spacial score (nSPS) is 19.6. The van der Waals surface area contributed by atoms with Crippen LogP contribution in [0.25, 0.3) is 0 Å². The Balaban J connectivity index is 1.57. The van der Waals surface area contributed by atoms with Gasteiger partial charge >= 0.3 is 0 Å². The highest BCUT2D eigenvalue weighted by atomic mass is 32.1. The number of hydrogen-bond donors (Lipinski definition) is 2. The summed E-state index contributed by atoms with van der Waals surface area (Å²) in [5, 5.41) is 4.18. The maximum absolute atomic E-state index is 15.3. The van der Waals surface area contributed by atoms with Gasteiger partial charge in [0.15, 0.2) is 5.11 Å². The second-order valence-corrected chi connectivity index (χ2v) is 9.56. The number of benzene rings is 2. The molecule has 0 amide bonds. The number of halogens is 1. The molecule has 2 aromatic rings. The summed E-state index contributed by atoms with van der Waals surface area (Å²) in [7, 11) is 4.21. The lowest BCUT2D eigenvalue weighted by Crippen LogP contribution is -2.34. The van der Waals surface area contributed by atoms with Gasteiger partial charge in [0.25, 0.3) is 0 Å². The zero-order valence-corrected chi connectivity index (χ0v) is 20.2. The van der Waals surface area contributed by atoms with Crippen LogP contribution < -0.4 is 21.0 Å².